The van der Waals surface area contributed by atoms with Gasteiger partial charge in [0.15, 0.2) is 0 Å². The SMILES string of the molecule is CN(CCc1ccccc1)Cc1ccc(Br)cc1N. The number of rotatable bonds is 5. The van der Waals surface area contributed by atoms with E-state index in [2.05, 4.69) is 64.3 Å². The summed E-state index contributed by atoms with van der Waals surface area (Å²) in [7, 11) is 2.13. The van der Waals surface area contributed by atoms with Gasteiger partial charge in [-0.3, -0.25) is 0 Å². The number of halogens is 1. The predicted molar refractivity (Wildman–Crippen MR) is 85.0 cm³/mol. The molecule has 0 amide bonds. The summed E-state index contributed by atoms with van der Waals surface area (Å²) in [4.78, 5) is 2.30. The Kier molecular flexibility index (Phi) is 5.00. The average molecular weight is 319 g/mol. The van der Waals surface area contributed by atoms with Crippen LogP contribution < -0.4 is 5.73 Å². The normalized spacial score (nSPS) is 10.9. The third-order valence-electron chi connectivity index (χ3n) is 3.17. The predicted octanol–water partition coefficient (Wildman–Crippen LogP) is 3.71. The minimum Gasteiger partial charge on any atom is -0.398 e. The summed E-state index contributed by atoms with van der Waals surface area (Å²) < 4.78 is 1.03. The molecule has 0 fully saturated rings. The molecule has 0 unspecified atom stereocenters. The number of nitrogen functional groups attached to an aromatic ring is 1. The van der Waals surface area contributed by atoms with E-state index in [-0.39, 0.29) is 0 Å². The molecule has 0 radical (unpaired) electrons. The van der Waals surface area contributed by atoms with Crippen molar-refractivity contribution in [2.45, 2.75) is 13.0 Å². The highest BCUT2D eigenvalue weighted by Crippen LogP contribution is 2.19. The molecule has 2 N–H and O–H groups in total. The minimum absolute atomic E-state index is 0.848. The van der Waals surface area contributed by atoms with Gasteiger partial charge in [-0.2, -0.15) is 0 Å². The maximum absolute atomic E-state index is 6.02. The number of benzene rings is 2. The van der Waals surface area contributed by atoms with Crippen molar-refractivity contribution in [1.82, 2.24) is 4.90 Å². The zero-order chi connectivity index (χ0) is 13.7. The zero-order valence-electron chi connectivity index (χ0n) is 11.1. The maximum Gasteiger partial charge on any atom is 0.0371 e. The van der Waals surface area contributed by atoms with Crippen molar-refractivity contribution in [2.24, 2.45) is 0 Å². The topological polar surface area (TPSA) is 29.3 Å². The first-order valence-corrected chi connectivity index (χ1v) is 7.21. The molecule has 2 aromatic carbocycles. The third kappa shape index (κ3) is 4.37. The van der Waals surface area contributed by atoms with Crippen molar-refractivity contribution in [3.05, 3.63) is 64.1 Å². The van der Waals surface area contributed by atoms with E-state index < -0.39 is 0 Å². The first-order valence-electron chi connectivity index (χ1n) is 6.41. The number of nitrogens with two attached hydrogens (primary N) is 1. The lowest BCUT2D eigenvalue weighted by molar-refractivity contribution is 0.332. The van der Waals surface area contributed by atoms with Crippen LogP contribution in [0.3, 0.4) is 0 Å². The number of hydrogen-bond acceptors (Lipinski definition) is 2. The van der Waals surface area contributed by atoms with Gasteiger partial charge in [0.2, 0.25) is 0 Å². The van der Waals surface area contributed by atoms with Gasteiger partial charge in [-0.15, -0.1) is 0 Å². The second-order valence-electron chi connectivity index (χ2n) is 4.82. The Labute approximate surface area is 123 Å². The van der Waals surface area contributed by atoms with Crippen LogP contribution in [0.2, 0.25) is 0 Å². The molecular formula is C16H19BrN2. The highest BCUT2D eigenvalue weighted by molar-refractivity contribution is 9.10. The van der Waals surface area contributed by atoms with Crippen LogP contribution in [0, 0.1) is 0 Å². The molecule has 3 heteroatoms. The highest BCUT2D eigenvalue weighted by atomic mass is 79.9. The number of likely N-dealkylation sites (N-methyl/N-ethyl adjacent to an activating group) is 1. The molecular weight excluding hydrogens is 300 g/mol. The smallest absolute Gasteiger partial charge is 0.0371 e. The molecule has 0 spiro atoms. The lowest BCUT2D eigenvalue weighted by Crippen LogP contribution is -2.21. The molecule has 0 atom stereocenters. The summed E-state index contributed by atoms with van der Waals surface area (Å²) in [5, 5.41) is 0. The molecule has 19 heavy (non-hydrogen) atoms. The van der Waals surface area contributed by atoms with Gasteiger partial charge in [-0.1, -0.05) is 52.3 Å². The maximum atomic E-state index is 6.02. The molecule has 0 aliphatic heterocycles. The van der Waals surface area contributed by atoms with Gasteiger partial charge in [0.05, 0.1) is 0 Å². The fourth-order valence-corrected chi connectivity index (χ4v) is 2.42. The molecule has 0 heterocycles. The van der Waals surface area contributed by atoms with Crippen LogP contribution in [0.5, 0.6) is 0 Å². The molecule has 2 nitrogen and oxygen atoms in total. The van der Waals surface area contributed by atoms with Gasteiger partial charge in [-0.25, -0.2) is 0 Å². The van der Waals surface area contributed by atoms with E-state index in [1.165, 1.54) is 11.1 Å². The monoisotopic (exact) mass is 318 g/mol. The third-order valence-corrected chi connectivity index (χ3v) is 3.67. The average Bonchev–Trinajstić information content (AvgIpc) is 2.41. The van der Waals surface area contributed by atoms with Crippen molar-refractivity contribution < 1.29 is 0 Å². The number of hydrogen-bond donors (Lipinski definition) is 1. The Morgan fingerprint density at radius 2 is 1.84 bits per heavy atom. The lowest BCUT2D eigenvalue weighted by Gasteiger charge is -2.18. The van der Waals surface area contributed by atoms with Gasteiger partial charge >= 0.3 is 0 Å². The Balaban J connectivity index is 1.89. The van der Waals surface area contributed by atoms with Crippen LogP contribution in [0.1, 0.15) is 11.1 Å². The molecule has 100 valence electrons. The van der Waals surface area contributed by atoms with Crippen molar-refractivity contribution in [1.29, 1.82) is 0 Å². The van der Waals surface area contributed by atoms with E-state index in [0.717, 1.165) is 29.7 Å². The van der Waals surface area contributed by atoms with Crippen molar-refractivity contribution >= 4 is 21.6 Å². The quantitative estimate of drug-likeness (QED) is 0.852. The summed E-state index contributed by atoms with van der Waals surface area (Å²) >= 11 is 3.43. The second kappa shape index (κ2) is 6.73. The van der Waals surface area contributed by atoms with E-state index in [4.69, 9.17) is 5.73 Å². The molecule has 2 rings (SSSR count). The first-order chi connectivity index (χ1) is 9.15. The fraction of sp³-hybridized carbons (Fsp3) is 0.250. The van der Waals surface area contributed by atoms with Crippen molar-refractivity contribution in [2.75, 3.05) is 19.3 Å². The van der Waals surface area contributed by atoms with E-state index in [0.29, 0.717) is 0 Å². The molecule has 0 saturated carbocycles. The summed E-state index contributed by atoms with van der Waals surface area (Å²) in [6.07, 6.45) is 1.06. The summed E-state index contributed by atoms with van der Waals surface area (Å²) in [6, 6.07) is 16.6. The summed E-state index contributed by atoms with van der Waals surface area (Å²) in [6.45, 7) is 1.91. The highest BCUT2D eigenvalue weighted by Gasteiger charge is 2.04. The summed E-state index contributed by atoms with van der Waals surface area (Å²) in [5.74, 6) is 0. The fourth-order valence-electron chi connectivity index (χ4n) is 2.04. The van der Waals surface area contributed by atoms with E-state index in [1.54, 1.807) is 0 Å². The van der Waals surface area contributed by atoms with Crippen molar-refractivity contribution in [3.8, 4) is 0 Å². The molecule has 0 saturated heterocycles. The van der Waals surface area contributed by atoms with Gasteiger partial charge in [-0.05, 0) is 36.7 Å². The van der Waals surface area contributed by atoms with E-state index >= 15 is 0 Å². The molecule has 0 aromatic heterocycles. The second-order valence-corrected chi connectivity index (χ2v) is 5.73. The lowest BCUT2D eigenvalue weighted by atomic mass is 10.1. The minimum atomic E-state index is 0.848. The van der Waals surface area contributed by atoms with E-state index in [1.807, 2.05) is 12.1 Å². The standard InChI is InChI=1S/C16H19BrN2/c1-19(10-9-13-5-3-2-4-6-13)12-14-7-8-15(17)11-16(14)18/h2-8,11H,9-10,12,18H2,1H3. The Bertz CT molecular complexity index is 526. The van der Waals surface area contributed by atoms with Crippen LogP contribution in [-0.2, 0) is 13.0 Å². The zero-order valence-corrected chi connectivity index (χ0v) is 12.7. The summed E-state index contributed by atoms with van der Waals surface area (Å²) in [5.41, 5.74) is 9.42. The number of anilines is 1. The van der Waals surface area contributed by atoms with Gasteiger partial charge in [0.1, 0.15) is 0 Å². The molecule has 0 aliphatic carbocycles. The first kappa shape index (κ1) is 14.1. The van der Waals surface area contributed by atoms with Crippen LogP contribution in [0.25, 0.3) is 0 Å². The van der Waals surface area contributed by atoms with Gasteiger partial charge < -0.3 is 10.6 Å². The Morgan fingerprint density at radius 3 is 2.53 bits per heavy atom. The van der Waals surface area contributed by atoms with Crippen LogP contribution in [0.15, 0.2) is 53.0 Å². The molecule has 2 aromatic rings. The Hall–Kier alpha value is -1.32. The molecule has 0 bridgehead atoms. The van der Waals surface area contributed by atoms with Gasteiger partial charge in [0, 0.05) is 23.2 Å². The molecule has 0 aliphatic rings. The van der Waals surface area contributed by atoms with Crippen LogP contribution in [0.4, 0.5) is 5.69 Å². The van der Waals surface area contributed by atoms with Gasteiger partial charge in [0.25, 0.3) is 0 Å². The van der Waals surface area contributed by atoms with E-state index in [9.17, 15) is 0 Å². The number of nitrogens with zero attached hydrogens (tertiary/aromatic N) is 1. The van der Waals surface area contributed by atoms with Crippen LogP contribution >= 0.6 is 15.9 Å². The van der Waals surface area contributed by atoms with Crippen molar-refractivity contribution in [3.63, 3.8) is 0 Å². The largest absolute Gasteiger partial charge is 0.398 e. The van der Waals surface area contributed by atoms with Crippen LogP contribution in [-0.4, -0.2) is 18.5 Å². The Morgan fingerprint density at radius 1 is 1.11 bits per heavy atom.